The minimum atomic E-state index is -3.89. The Morgan fingerprint density at radius 3 is 2.19 bits per heavy atom. The number of hydrogen-bond donors (Lipinski definition) is 1. The highest BCUT2D eigenvalue weighted by atomic mass is 32.2. The second-order valence-corrected chi connectivity index (χ2v) is 8.79. The summed E-state index contributed by atoms with van der Waals surface area (Å²) in [5.74, 6) is 0.272. The summed E-state index contributed by atoms with van der Waals surface area (Å²) in [6, 6.07) is 13.0. The van der Waals surface area contributed by atoms with E-state index < -0.39 is 10.0 Å². The number of imide groups is 1. The van der Waals surface area contributed by atoms with Gasteiger partial charge in [0.25, 0.3) is 10.0 Å². The lowest BCUT2D eigenvalue weighted by atomic mass is 10.1. The summed E-state index contributed by atoms with van der Waals surface area (Å²) in [6.45, 7) is 0.204. The van der Waals surface area contributed by atoms with Crippen LogP contribution in [0, 0.1) is 0 Å². The molecule has 0 spiro atoms. The van der Waals surface area contributed by atoms with Crippen molar-refractivity contribution in [1.82, 2.24) is 14.9 Å². The Labute approximate surface area is 185 Å². The first kappa shape index (κ1) is 21.4. The molecular weight excluding hydrogens is 432 g/mol. The first-order valence-electron chi connectivity index (χ1n) is 9.78. The number of anilines is 1. The lowest BCUT2D eigenvalue weighted by Crippen LogP contribution is -2.28. The molecule has 0 unspecified atom stereocenters. The third-order valence-electron chi connectivity index (χ3n) is 5.02. The van der Waals surface area contributed by atoms with Crippen molar-refractivity contribution in [3.8, 4) is 17.0 Å². The summed E-state index contributed by atoms with van der Waals surface area (Å²) in [5, 5.41) is 0. The number of aromatic nitrogens is 2. The van der Waals surface area contributed by atoms with E-state index in [1.807, 2.05) is 0 Å². The molecule has 0 atom stereocenters. The molecule has 3 aromatic rings. The monoisotopic (exact) mass is 452 g/mol. The number of benzene rings is 2. The van der Waals surface area contributed by atoms with Crippen molar-refractivity contribution < 1.29 is 22.7 Å². The molecule has 2 amide bonds. The molecule has 2 aromatic carbocycles. The number of rotatable bonds is 7. The predicted octanol–water partition coefficient (Wildman–Crippen LogP) is 2.60. The van der Waals surface area contributed by atoms with Crippen LogP contribution < -0.4 is 9.46 Å². The lowest BCUT2D eigenvalue weighted by molar-refractivity contribution is -0.139. The molecule has 164 valence electrons. The van der Waals surface area contributed by atoms with Crippen molar-refractivity contribution in [2.45, 2.75) is 24.3 Å². The van der Waals surface area contributed by atoms with Crippen LogP contribution in [0.25, 0.3) is 11.3 Å². The number of carbonyl (C=O) groups is 2. The van der Waals surface area contributed by atoms with Gasteiger partial charge in [-0.15, -0.1) is 0 Å². The molecule has 1 fully saturated rings. The molecule has 2 heterocycles. The fourth-order valence-corrected chi connectivity index (χ4v) is 4.33. The summed E-state index contributed by atoms with van der Waals surface area (Å²) in [5.41, 5.74) is 1.76. The molecule has 10 heteroatoms. The molecule has 4 rings (SSSR count). The van der Waals surface area contributed by atoms with E-state index in [0.29, 0.717) is 17.0 Å². The van der Waals surface area contributed by atoms with E-state index in [9.17, 15) is 18.0 Å². The maximum absolute atomic E-state index is 12.8. The zero-order chi connectivity index (χ0) is 22.7. The normalized spacial score (nSPS) is 14.0. The van der Waals surface area contributed by atoms with E-state index in [-0.39, 0.29) is 41.9 Å². The molecule has 0 bridgehead atoms. The number of methoxy groups -OCH3 is 1. The van der Waals surface area contributed by atoms with Gasteiger partial charge in [0.05, 0.1) is 18.6 Å². The summed E-state index contributed by atoms with van der Waals surface area (Å²) >= 11 is 0. The number of amides is 2. The Morgan fingerprint density at radius 1 is 0.938 bits per heavy atom. The molecule has 9 nitrogen and oxygen atoms in total. The van der Waals surface area contributed by atoms with Crippen LogP contribution in [0.2, 0.25) is 0 Å². The van der Waals surface area contributed by atoms with E-state index in [4.69, 9.17) is 4.74 Å². The van der Waals surface area contributed by atoms with E-state index in [1.54, 1.807) is 36.4 Å². The molecule has 1 saturated heterocycles. The molecule has 32 heavy (non-hydrogen) atoms. The summed E-state index contributed by atoms with van der Waals surface area (Å²) in [7, 11) is -2.39. The Kier molecular flexibility index (Phi) is 5.87. The third kappa shape index (κ3) is 4.45. The highest BCUT2D eigenvalue weighted by Crippen LogP contribution is 2.27. The van der Waals surface area contributed by atoms with Gasteiger partial charge in [-0.25, -0.2) is 13.4 Å². The van der Waals surface area contributed by atoms with Crippen molar-refractivity contribution in [2.75, 3.05) is 11.8 Å². The van der Waals surface area contributed by atoms with Gasteiger partial charge in [-0.3, -0.25) is 24.2 Å². The SMILES string of the molecule is COc1ccc(S(=O)(=O)Nc2nccnc2-c2ccc(CN3C(=O)CCC3=O)cc2)cc1. The van der Waals surface area contributed by atoms with Crippen LogP contribution in [0.3, 0.4) is 0 Å². The lowest BCUT2D eigenvalue weighted by Gasteiger charge is -2.14. The summed E-state index contributed by atoms with van der Waals surface area (Å²) in [4.78, 5) is 33.4. The molecule has 0 radical (unpaired) electrons. The van der Waals surface area contributed by atoms with Crippen LogP contribution in [0.5, 0.6) is 5.75 Å². The number of likely N-dealkylation sites (tertiary alicyclic amines) is 1. The highest BCUT2D eigenvalue weighted by molar-refractivity contribution is 7.92. The van der Waals surface area contributed by atoms with Gasteiger partial charge in [-0.1, -0.05) is 24.3 Å². The first-order chi connectivity index (χ1) is 15.4. The maximum Gasteiger partial charge on any atom is 0.263 e. The van der Waals surface area contributed by atoms with E-state index in [0.717, 1.165) is 5.56 Å². The van der Waals surface area contributed by atoms with Crippen molar-refractivity contribution in [3.05, 3.63) is 66.5 Å². The number of nitrogens with one attached hydrogen (secondary N) is 1. The molecule has 1 aromatic heterocycles. The van der Waals surface area contributed by atoms with Crippen LogP contribution in [-0.2, 0) is 26.2 Å². The second-order valence-electron chi connectivity index (χ2n) is 7.11. The number of carbonyl (C=O) groups excluding carboxylic acids is 2. The third-order valence-corrected chi connectivity index (χ3v) is 6.38. The predicted molar refractivity (Wildman–Crippen MR) is 116 cm³/mol. The zero-order valence-corrected chi connectivity index (χ0v) is 18.0. The molecular formula is C22H20N4O5S. The van der Waals surface area contributed by atoms with Crippen LogP contribution in [0.15, 0.2) is 65.8 Å². The van der Waals surface area contributed by atoms with Gasteiger partial charge in [-0.2, -0.15) is 0 Å². The Morgan fingerprint density at radius 2 is 1.56 bits per heavy atom. The topological polar surface area (TPSA) is 119 Å². The van der Waals surface area contributed by atoms with Gasteiger partial charge in [0.1, 0.15) is 11.4 Å². The van der Waals surface area contributed by atoms with Gasteiger partial charge < -0.3 is 4.74 Å². The van der Waals surface area contributed by atoms with Crippen molar-refractivity contribution in [1.29, 1.82) is 0 Å². The standard InChI is InChI=1S/C22H20N4O5S/c1-31-17-6-8-18(9-7-17)32(29,30)25-22-21(23-12-13-24-22)16-4-2-15(3-5-16)14-26-19(27)10-11-20(26)28/h2-9,12-13H,10-11,14H2,1H3,(H,24,25). The average molecular weight is 452 g/mol. The van der Waals surface area contributed by atoms with Gasteiger partial charge in [0.15, 0.2) is 5.82 Å². The maximum atomic E-state index is 12.8. The quantitative estimate of drug-likeness (QED) is 0.547. The van der Waals surface area contributed by atoms with E-state index in [2.05, 4.69) is 14.7 Å². The fraction of sp³-hybridized carbons (Fsp3) is 0.182. The van der Waals surface area contributed by atoms with Crippen LogP contribution in [0.1, 0.15) is 18.4 Å². The van der Waals surface area contributed by atoms with Crippen LogP contribution in [0.4, 0.5) is 5.82 Å². The van der Waals surface area contributed by atoms with Gasteiger partial charge in [-0.05, 0) is 29.8 Å². The summed E-state index contributed by atoms with van der Waals surface area (Å²) in [6.07, 6.45) is 3.35. The van der Waals surface area contributed by atoms with Crippen molar-refractivity contribution in [3.63, 3.8) is 0 Å². The molecule has 0 saturated carbocycles. The van der Waals surface area contributed by atoms with Crippen molar-refractivity contribution >= 4 is 27.7 Å². The fourth-order valence-electron chi connectivity index (χ4n) is 3.31. The minimum Gasteiger partial charge on any atom is -0.497 e. The van der Waals surface area contributed by atoms with Gasteiger partial charge >= 0.3 is 0 Å². The van der Waals surface area contributed by atoms with Crippen molar-refractivity contribution in [2.24, 2.45) is 0 Å². The smallest absolute Gasteiger partial charge is 0.263 e. The zero-order valence-electron chi connectivity index (χ0n) is 17.2. The number of ether oxygens (including phenoxy) is 1. The van der Waals surface area contributed by atoms with Gasteiger partial charge in [0, 0.05) is 30.8 Å². The summed E-state index contributed by atoms with van der Waals surface area (Å²) < 4.78 is 33.2. The van der Waals surface area contributed by atoms with Crippen LogP contribution >= 0.6 is 0 Å². The first-order valence-corrected chi connectivity index (χ1v) is 11.3. The number of sulfonamides is 1. The van der Waals surface area contributed by atoms with E-state index >= 15 is 0 Å². The second kappa shape index (κ2) is 8.75. The average Bonchev–Trinajstić information content (AvgIpc) is 3.12. The highest BCUT2D eigenvalue weighted by Gasteiger charge is 2.28. The molecule has 1 N–H and O–H groups in total. The van der Waals surface area contributed by atoms with Gasteiger partial charge in [0.2, 0.25) is 11.8 Å². The Balaban J connectivity index is 1.56. The molecule has 1 aliphatic rings. The Bertz CT molecular complexity index is 1240. The molecule has 0 aliphatic carbocycles. The number of nitrogens with zero attached hydrogens (tertiary/aromatic N) is 3. The van der Waals surface area contributed by atoms with Crippen LogP contribution in [-0.4, -0.2) is 42.2 Å². The Hall–Kier alpha value is -3.79. The minimum absolute atomic E-state index is 0.0604. The molecule has 1 aliphatic heterocycles. The number of hydrogen-bond acceptors (Lipinski definition) is 7. The van der Waals surface area contributed by atoms with E-state index in [1.165, 1.54) is 36.5 Å². The largest absolute Gasteiger partial charge is 0.497 e.